The lowest BCUT2D eigenvalue weighted by Crippen LogP contribution is -2.38. The minimum Gasteiger partial charge on any atom is -0.379 e. The van der Waals surface area contributed by atoms with E-state index >= 15 is 0 Å². The molecule has 0 unspecified atom stereocenters. The van der Waals surface area contributed by atoms with Crippen molar-refractivity contribution in [2.75, 3.05) is 39.9 Å². The molecule has 3 aromatic rings. The van der Waals surface area contributed by atoms with E-state index in [1.807, 2.05) is 7.05 Å². The van der Waals surface area contributed by atoms with Gasteiger partial charge < -0.3 is 20.4 Å². The molecule has 2 heterocycles. The van der Waals surface area contributed by atoms with Crippen molar-refractivity contribution >= 4 is 16.9 Å². The predicted octanol–water partition coefficient (Wildman–Crippen LogP) is 3.30. The largest absolute Gasteiger partial charge is 0.379 e. The summed E-state index contributed by atoms with van der Waals surface area (Å²) >= 11 is 0. The maximum atomic E-state index is 5.47. The Hall–Kier alpha value is -2.83. The number of guanidine groups is 1. The number of rotatable bonds is 8. The lowest BCUT2D eigenvalue weighted by atomic mass is 10.1. The number of nitrogens with zero attached hydrogens (tertiary/aromatic N) is 2. The van der Waals surface area contributed by atoms with Gasteiger partial charge in [0.05, 0.1) is 13.2 Å². The van der Waals surface area contributed by atoms with Crippen LogP contribution < -0.4 is 10.6 Å². The van der Waals surface area contributed by atoms with E-state index in [2.05, 4.69) is 80.2 Å². The summed E-state index contributed by atoms with van der Waals surface area (Å²) < 4.78 is 5.47. The topological polar surface area (TPSA) is 64.7 Å². The first-order valence-corrected chi connectivity index (χ1v) is 11.2. The Balaban J connectivity index is 1.24. The molecule has 1 fully saturated rings. The van der Waals surface area contributed by atoms with Gasteiger partial charge in [-0.2, -0.15) is 0 Å². The van der Waals surface area contributed by atoms with E-state index in [4.69, 9.17) is 4.74 Å². The molecule has 164 valence electrons. The number of nitrogens with one attached hydrogen (secondary N) is 3. The van der Waals surface area contributed by atoms with Gasteiger partial charge in [0.1, 0.15) is 0 Å². The molecule has 0 saturated carbocycles. The maximum absolute atomic E-state index is 5.47. The Bertz CT molecular complexity index is 990. The van der Waals surface area contributed by atoms with Gasteiger partial charge in [0.2, 0.25) is 0 Å². The third-order valence-corrected chi connectivity index (χ3v) is 5.88. The van der Waals surface area contributed by atoms with Gasteiger partial charge in [-0.25, -0.2) is 0 Å². The molecule has 3 N–H and O–H groups in total. The fourth-order valence-corrected chi connectivity index (χ4v) is 4.11. The van der Waals surface area contributed by atoms with Crippen LogP contribution in [-0.2, 0) is 24.2 Å². The van der Waals surface area contributed by atoms with Crippen LogP contribution in [0.3, 0.4) is 0 Å². The molecule has 0 amide bonds. The number of aromatic nitrogens is 1. The number of fused-ring (bicyclic) bond motifs is 1. The molecule has 2 aromatic carbocycles. The molecule has 0 radical (unpaired) electrons. The molecule has 0 atom stereocenters. The number of ether oxygens (including phenoxy) is 1. The predicted molar refractivity (Wildman–Crippen MR) is 127 cm³/mol. The second-order valence-corrected chi connectivity index (χ2v) is 7.97. The highest BCUT2D eigenvalue weighted by atomic mass is 16.5. The Morgan fingerprint density at radius 2 is 1.77 bits per heavy atom. The second-order valence-electron chi connectivity index (χ2n) is 7.97. The number of aryl methyl sites for hydroxylation is 1. The first-order chi connectivity index (χ1) is 15.3. The summed E-state index contributed by atoms with van der Waals surface area (Å²) in [6.45, 7) is 6.28. The van der Waals surface area contributed by atoms with Gasteiger partial charge in [0.15, 0.2) is 5.96 Å². The molecular weight excluding hydrogens is 386 g/mol. The van der Waals surface area contributed by atoms with Gasteiger partial charge in [-0.15, -0.1) is 0 Å². The van der Waals surface area contributed by atoms with Crippen molar-refractivity contribution in [3.63, 3.8) is 0 Å². The summed E-state index contributed by atoms with van der Waals surface area (Å²) in [5.41, 5.74) is 5.26. The van der Waals surface area contributed by atoms with Crippen molar-refractivity contribution in [3.8, 4) is 0 Å². The minimum atomic E-state index is 0.767. The molecule has 31 heavy (non-hydrogen) atoms. The molecule has 1 aliphatic heterocycles. The molecule has 0 bridgehead atoms. The van der Waals surface area contributed by atoms with E-state index in [0.717, 1.165) is 64.7 Å². The first-order valence-electron chi connectivity index (χ1n) is 11.2. The monoisotopic (exact) mass is 419 g/mol. The molecule has 0 aliphatic carbocycles. The molecular formula is C25H33N5O. The van der Waals surface area contributed by atoms with Gasteiger partial charge >= 0.3 is 0 Å². The van der Waals surface area contributed by atoms with Crippen LogP contribution in [0.2, 0.25) is 0 Å². The Labute approximate surface area is 184 Å². The average molecular weight is 420 g/mol. The highest BCUT2D eigenvalue weighted by Gasteiger charge is 2.12. The van der Waals surface area contributed by atoms with Gasteiger partial charge in [-0.05, 0) is 35.6 Å². The fraction of sp³-hybridized carbons (Fsp3) is 0.400. The number of aliphatic imine (C=N–C) groups is 1. The first kappa shape index (κ1) is 21.4. The third kappa shape index (κ3) is 5.87. The van der Waals surface area contributed by atoms with Crippen LogP contribution in [0.15, 0.2) is 59.7 Å². The third-order valence-electron chi connectivity index (χ3n) is 5.88. The standard InChI is InChI=1S/C25H33N5O/c1-26-25(27-12-6-9-21-18-28-24-11-5-4-10-23(21)24)29-17-20-7-2-3-8-22(20)19-30-13-15-31-16-14-30/h2-5,7-8,10-11,18,28H,6,9,12-17,19H2,1H3,(H2,26,27,29). The van der Waals surface area contributed by atoms with Crippen LogP contribution in [-0.4, -0.2) is 55.7 Å². The quantitative estimate of drug-likeness (QED) is 0.298. The Morgan fingerprint density at radius 3 is 2.61 bits per heavy atom. The number of aromatic amines is 1. The summed E-state index contributed by atoms with van der Waals surface area (Å²) in [7, 11) is 1.83. The SMILES string of the molecule is CN=C(NCCCc1c[nH]c2ccccc12)NCc1ccccc1CN1CCOCC1. The number of benzene rings is 2. The van der Waals surface area contributed by atoms with E-state index in [0.29, 0.717) is 0 Å². The van der Waals surface area contributed by atoms with E-state index in [-0.39, 0.29) is 0 Å². The van der Waals surface area contributed by atoms with Gasteiger partial charge in [-0.1, -0.05) is 42.5 Å². The zero-order chi connectivity index (χ0) is 21.3. The zero-order valence-electron chi connectivity index (χ0n) is 18.4. The lowest BCUT2D eigenvalue weighted by molar-refractivity contribution is 0.0341. The number of para-hydroxylation sites is 1. The maximum Gasteiger partial charge on any atom is 0.191 e. The van der Waals surface area contributed by atoms with Crippen LogP contribution in [0, 0.1) is 0 Å². The van der Waals surface area contributed by atoms with Crippen molar-refractivity contribution in [3.05, 3.63) is 71.4 Å². The fourth-order valence-electron chi connectivity index (χ4n) is 4.11. The number of hydrogen-bond acceptors (Lipinski definition) is 3. The highest BCUT2D eigenvalue weighted by molar-refractivity contribution is 5.83. The van der Waals surface area contributed by atoms with Crippen molar-refractivity contribution in [1.82, 2.24) is 20.5 Å². The van der Waals surface area contributed by atoms with E-state index < -0.39 is 0 Å². The average Bonchev–Trinajstić information content (AvgIpc) is 3.23. The molecule has 0 spiro atoms. The van der Waals surface area contributed by atoms with Crippen molar-refractivity contribution in [1.29, 1.82) is 0 Å². The minimum absolute atomic E-state index is 0.767. The van der Waals surface area contributed by atoms with Crippen molar-refractivity contribution in [2.45, 2.75) is 25.9 Å². The number of morpholine rings is 1. The number of H-pyrrole nitrogens is 1. The molecule has 1 aromatic heterocycles. The second kappa shape index (κ2) is 11.0. The molecule has 1 saturated heterocycles. The number of hydrogen-bond donors (Lipinski definition) is 3. The van der Waals surface area contributed by atoms with Crippen LogP contribution in [0.25, 0.3) is 10.9 Å². The van der Waals surface area contributed by atoms with Crippen molar-refractivity contribution in [2.24, 2.45) is 4.99 Å². The van der Waals surface area contributed by atoms with Crippen LogP contribution in [0.4, 0.5) is 0 Å². The smallest absolute Gasteiger partial charge is 0.191 e. The Kier molecular flexibility index (Phi) is 7.58. The molecule has 4 rings (SSSR count). The van der Waals surface area contributed by atoms with Crippen molar-refractivity contribution < 1.29 is 4.74 Å². The van der Waals surface area contributed by atoms with Gasteiger partial charge in [-0.3, -0.25) is 9.89 Å². The van der Waals surface area contributed by atoms with E-state index in [1.54, 1.807) is 0 Å². The van der Waals surface area contributed by atoms with Crippen LogP contribution in [0.5, 0.6) is 0 Å². The molecule has 6 nitrogen and oxygen atoms in total. The van der Waals surface area contributed by atoms with Gasteiger partial charge in [0, 0.05) is 56.9 Å². The summed E-state index contributed by atoms with van der Waals surface area (Å²) in [6.07, 6.45) is 4.22. The summed E-state index contributed by atoms with van der Waals surface area (Å²) in [5.74, 6) is 0.847. The van der Waals surface area contributed by atoms with Gasteiger partial charge in [0.25, 0.3) is 0 Å². The normalized spacial score (nSPS) is 15.3. The van der Waals surface area contributed by atoms with E-state index in [9.17, 15) is 0 Å². The zero-order valence-corrected chi connectivity index (χ0v) is 18.4. The molecule has 6 heteroatoms. The summed E-state index contributed by atoms with van der Waals surface area (Å²) in [6, 6.07) is 17.1. The van der Waals surface area contributed by atoms with Crippen LogP contribution in [0.1, 0.15) is 23.1 Å². The van der Waals surface area contributed by atoms with E-state index in [1.165, 1.54) is 27.6 Å². The summed E-state index contributed by atoms with van der Waals surface area (Å²) in [5, 5.41) is 8.25. The van der Waals surface area contributed by atoms with Crippen LogP contribution >= 0.6 is 0 Å². The highest BCUT2D eigenvalue weighted by Crippen LogP contribution is 2.18. The lowest BCUT2D eigenvalue weighted by Gasteiger charge is -2.27. The summed E-state index contributed by atoms with van der Waals surface area (Å²) in [4.78, 5) is 10.2. The Morgan fingerprint density at radius 1 is 1.00 bits per heavy atom. The molecule has 1 aliphatic rings.